The molecule has 8 nitrogen and oxygen atoms in total. The number of carboxylic acids is 1. The second kappa shape index (κ2) is 9.54. The van der Waals surface area contributed by atoms with Crippen LogP contribution in [0.3, 0.4) is 0 Å². The predicted molar refractivity (Wildman–Crippen MR) is 103 cm³/mol. The molecule has 0 atom stereocenters. The minimum atomic E-state index is -0.755. The lowest BCUT2D eigenvalue weighted by Crippen LogP contribution is -2.41. The third kappa shape index (κ3) is 5.69. The molecule has 0 bridgehead atoms. The highest BCUT2D eigenvalue weighted by atomic mass is 16.5. The van der Waals surface area contributed by atoms with Crippen LogP contribution in [0, 0.1) is 5.92 Å². The number of urea groups is 1. The maximum Gasteiger partial charge on any atom is 0.319 e. The van der Waals surface area contributed by atoms with Crippen LogP contribution in [-0.2, 0) is 20.7 Å². The van der Waals surface area contributed by atoms with Crippen molar-refractivity contribution < 1.29 is 24.2 Å². The van der Waals surface area contributed by atoms with E-state index in [-0.39, 0.29) is 23.9 Å². The lowest BCUT2D eigenvalue weighted by atomic mass is 9.86. The van der Waals surface area contributed by atoms with Gasteiger partial charge in [-0.15, -0.1) is 0 Å². The lowest BCUT2D eigenvalue weighted by Gasteiger charge is -2.27. The van der Waals surface area contributed by atoms with E-state index in [1.54, 1.807) is 12.1 Å². The van der Waals surface area contributed by atoms with Crippen molar-refractivity contribution in [2.75, 3.05) is 31.6 Å². The zero-order valence-corrected chi connectivity index (χ0v) is 15.9. The minimum Gasteiger partial charge on any atom is -0.481 e. The number of anilines is 1. The molecule has 0 unspecified atom stereocenters. The van der Waals surface area contributed by atoms with Crippen LogP contribution >= 0.6 is 0 Å². The zero-order chi connectivity index (χ0) is 19.9. The Labute approximate surface area is 164 Å². The molecule has 0 radical (unpaired) electrons. The topological polar surface area (TPSA) is 108 Å². The van der Waals surface area contributed by atoms with E-state index in [2.05, 4.69) is 10.6 Å². The largest absolute Gasteiger partial charge is 0.481 e. The summed E-state index contributed by atoms with van der Waals surface area (Å²) in [6.45, 7) is 2.43. The highest BCUT2D eigenvalue weighted by Crippen LogP contribution is 2.24. The number of aliphatic carboxylic acids is 1. The summed E-state index contributed by atoms with van der Waals surface area (Å²) in [6, 6.07) is 6.95. The van der Waals surface area contributed by atoms with Crippen molar-refractivity contribution in [3.63, 3.8) is 0 Å². The molecule has 0 aromatic heterocycles. The molecule has 0 spiro atoms. The van der Waals surface area contributed by atoms with Gasteiger partial charge < -0.3 is 25.4 Å². The molecule has 3 rings (SSSR count). The van der Waals surface area contributed by atoms with Crippen LogP contribution in [0.4, 0.5) is 10.5 Å². The number of carboxylic acid groups (broad SMARTS) is 1. The molecule has 1 aromatic rings. The molecule has 3 amide bonds. The van der Waals surface area contributed by atoms with Crippen LogP contribution < -0.4 is 10.6 Å². The average molecular weight is 389 g/mol. The van der Waals surface area contributed by atoms with Crippen LogP contribution in [0.15, 0.2) is 24.3 Å². The van der Waals surface area contributed by atoms with Crippen molar-refractivity contribution in [3.05, 3.63) is 29.8 Å². The number of hydrogen-bond donors (Lipinski definition) is 3. The smallest absolute Gasteiger partial charge is 0.319 e. The molecule has 1 aromatic carbocycles. The second-order valence-electron chi connectivity index (χ2n) is 7.35. The summed E-state index contributed by atoms with van der Waals surface area (Å²) in [7, 11) is 0. The van der Waals surface area contributed by atoms with Crippen LogP contribution in [0.25, 0.3) is 0 Å². The highest BCUT2D eigenvalue weighted by Gasteiger charge is 2.26. The highest BCUT2D eigenvalue weighted by molar-refractivity contribution is 5.89. The van der Waals surface area contributed by atoms with Crippen molar-refractivity contribution in [1.82, 2.24) is 10.2 Å². The van der Waals surface area contributed by atoms with E-state index in [9.17, 15) is 14.4 Å². The number of nitrogens with one attached hydrogen (secondary N) is 2. The molecule has 28 heavy (non-hydrogen) atoms. The molecule has 8 heteroatoms. The summed E-state index contributed by atoms with van der Waals surface area (Å²) < 4.78 is 5.26. The van der Waals surface area contributed by atoms with Gasteiger partial charge in [0.15, 0.2) is 0 Å². The Kier molecular flexibility index (Phi) is 6.86. The second-order valence-corrected chi connectivity index (χ2v) is 7.35. The lowest BCUT2D eigenvalue weighted by molar-refractivity contribution is -0.142. The number of ether oxygens (including phenoxy) is 1. The monoisotopic (exact) mass is 389 g/mol. The standard InChI is InChI=1S/C20H27N3O5/c24-18(23-9-11-28-12-10-23)13-14-1-5-16(6-2-14)21-20(27)22-17-7-3-15(4-8-17)19(25)26/h1-2,5-6,15,17H,3-4,7-13H2,(H,25,26)(H2,21,22,27). The fourth-order valence-corrected chi connectivity index (χ4v) is 3.64. The SMILES string of the molecule is O=C(Nc1ccc(CC(=O)N2CCOCC2)cc1)NC1CCC(C(=O)O)CC1. The normalized spacial score (nSPS) is 22.4. The Bertz CT molecular complexity index is 692. The number of amides is 3. The van der Waals surface area contributed by atoms with Crippen LogP contribution in [0.1, 0.15) is 31.2 Å². The van der Waals surface area contributed by atoms with Crippen LogP contribution in [0.2, 0.25) is 0 Å². The molecule has 152 valence electrons. The first-order valence-electron chi connectivity index (χ1n) is 9.76. The zero-order valence-electron chi connectivity index (χ0n) is 15.9. The Balaban J connectivity index is 1.43. The number of hydrogen-bond acceptors (Lipinski definition) is 4. The average Bonchev–Trinajstić information content (AvgIpc) is 2.70. The number of carbonyl (C=O) groups is 3. The third-order valence-electron chi connectivity index (χ3n) is 5.34. The van der Waals surface area contributed by atoms with E-state index in [1.165, 1.54) is 0 Å². The molecule has 1 aliphatic heterocycles. The number of morpholine rings is 1. The molecule has 2 aliphatic rings. The summed E-state index contributed by atoms with van der Waals surface area (Å²) >= 11 is 0. The summed E-state index contributed by atoms with van der Waals surface area (Å²) in [4.78, 5) is 37.2. The fourth-order valence-electron chi connectivity index (χ4n) is 3.64. The molecule has 1 heterocycles. The first kappa shape index (κ1) is 20.1. The fraction of sp³-hybridized carbons (Fsp3) is 0.550. The molecule has 1 saturated carbocycles. The number of carbonyl (C=O) groups excluding carboxylic acids is 2. The van der Waals surface area contributed by atoms with Gasteiger partial charge in [0.2, 0.25) is 5.91 Å². The van der Waals surface area contributed by atoms with E-state index in [4.69, 9.17) is 9.84 Å². The van der Waals surface area contributed by atoms with Crippen molar-refractivity contribution >= 4 is 23.6 Å². The van der Waals surface area contributed by atoms with Crippen molar-refractivity contribution in [3.8, 4) is 0 Å². The van der Waals surface area contributed by atoms with Gasteiger partial charge in [-0.1, -0.05) is 12.1 Å². The van der Waals surface area contributed by atoms with Gasteiger partial charge in [0, 0.05) is 24.8 Å². The molecular formula is C20H27N3O5. The molecule has 2 fully saturated rings. The van der Waals surface area contributed by atoms with Crippen molar-refractivity contribution in [2.45, 2.75) is 38.1 Å². The van der Waals surface area contributed by atoms with Crippen LogP contribution in [0.5, 0.6) is 0 Å². The Morgan fingerprint density at radius 3 is 2.29 bits per heavy atom. The van der Waals surface area contributed by atoms with E-state index >= 15 is 0 Å². The summed E-state index contributed by atoms with van der Waals surface area (Å²) in [5.74, 6) is -0.970. The van der Waals surface area contributed by atoms with Gasteiger partial charge in [0.05, 0.1) is 25.6 Å². The molecular weight excluding hydrogens is 362 g/mol. The predicted octanol–water partition coefficient (Wildman–Crippen LogP) is 1.85. The Morgan fingerprint density at radius 2 is 1.68 bits per heavy atom. The van der Waals surface area contributed by atoms with Gasteiger partial charge in [0.25, 0.3) is 0 Å². The van der Waals surface area contributed by atoms with E-state index in [0.29, 0.717) is 64.1 Å². The van der Waals surface area contributed by atoms with Crippen molar-refractivity contribution in [2.24, 2.45) is 5.92 Å². The summed E-state index contributed by atoms with van der Waals surface area (Å²) in [5.41, 5.74) is 1.55. The number of benzene rings is 1. The van der Waals surface area contributed by atoms with Gasteiger partial charge in [-0.25, -0.2) is 4.79 Å². The third-order valence-corrected chi connectivity index (χ3v) is 5.34. The van der Waals surface area contributed by atoms with Gasteiger partial charge in [0.1, 0.15) is 0 Å². The Hall–Kier alpha value is -2.61. The number of nitrogens with zero attached hydrogens (tertiary/aromatic N) is 1. The first-order valence-corrected chi connectivity index (χ1v) is 9.76. The minimum absolute atomic E-state index is 0.000942. The van der Waals surface area contributed by atoms with Gasteiger partial charge in [-0.3, -0.25) is 9.59 Å². The van der Waals surface area contributed by atoms with Crippen molar-refractivity contribution in [1.29, 1.82) is 0 Å². The van der Waals surface area contributed by atoms with E-state index in [1.807, 2.05) is 17.0 Å². The number of rotatable bonds is 5. The Morgan fingerprint density at radius 1 is 1.04 bits per heavy atom. The molecule has 1 saturated heterocycles. The first-order chi connectivity index (χ1) is 13.5. The molecule has 3 N–H and O–H groups in total. The molecule has 1 aliphatic carbocycles. The summed E-state index contributed by atoms with van der Waals surface area (Å²) in [6.07, 6.45) is 2.86. The van der Waals surface area contributed by atoms with E-state index in [0.717, 1.165) is 5.56 Å². The van der Waals surface area contributed by atoms with Crippen LogP contribution in [-0.4, -0.2) is 60.3 Å². The van der Waals surface area contributed by atoms with Gasteiger partial charge in [-0.2, -0.15) is 0 Å². The maximum absolute atomic E-state index is 12.3. The quantitative estimate of drug-likeness (QED) is 0.712. The van der Waals surface area contributed by atoms with E-state index < -0.39 is 5.97 Å². The van der Waals surface area contributed by atoms with Gasteiger partial charge in [-0.05, 0) is 43.4 Å². The maximum atomic E-state index is 12.3. The summed E-state index contributed by atoms with van der Waals surface area (Å²) in [5, 5.41) is 14.7. The van der Waals surface area contributed by atoms with Gasteiger partial charge >= 0.3 is 12.0 Å².